The van der Waals surface area contributed by atoms with Gasteiger partial charge < -0.3 is 10.1 Å². The Kier molecular flexibility index (Phi) is 5.33. The first-order chi connectivity index (χ1) is 10.5. The van der Waals surface area contributed by atoms with Crippen LogP contribution in [0.4, 0.5) is 5.69 Å². The largest absolute Gasteiger partial charge is 0.452 e. The number of ether oxygens (including phenoxy) is 1. The fourth-order valence-corrected chi connectivity index (χ4v) is 2.35. The highest BCUT2D eigenvalue weighted by Crippen LogP contribution is 2.24. The number of carbonyl (C=O) groups is 2. The Balaban J connectivity index is 1.94. The molecule has 0 bridgehead atoms. The summed E-state index contributed by atoms with van der Waals surface area (Å²) in [6.07, 6.45) is 0. The first-order valence-corrected chi connectivity index (χ1v) is 7.55. The Morgan fingerprint density at radius 1 is 1.09 bits per heavy atom. The summed E-state index contributed by atoms with van der Waals surface area (Å²) in [5, 5.41) is 2.75. The molecule has 2 aromatic carbocycles. The zero-order valence-electron chi connectivity index (χ0n) is 12.4. The van der Waals surface area contributed by atoms with Gasteiger partial charge in [-0.3, -0.25) is 4.79 Å². The lowest BCUT2D eigenvalue weighted by atomic mass is 10.1. The number of hydrogen-bond acceptors (Lipinski definition) is 3. The summed E-state index contributed by atoms with van der Waals surface area (Å²) in [5.74, 6) is -0.881. The molecule has 22 heavy (non-hydrogen) atoms. The van der Waals surface area contributed by atoms with Crippen molar-refractivity contribution in [2.75, 3.05) is 11.9 Å². The quantitative estimate of drug-likeness (QED) is 0.841. The molecule has 0 aliphatic carbocycles. The number of carbonyl (C=O) groups excluding carboxylic acids is 2. The van der Waals surface area contributed by atoms with E-state index in [2.05, 4.69) is 21.2 Å². The van der Waals surface area contributed by atoms with Crippen LogP contribution < -0.4 is 5.32 Å². The van der Waals surface area contributed by atoms with Crippen molar-refractivity contribution in [1.29, 1.82) is 0 Å². The second-order valence-corrected chi connectivity index (χ2v) is 5.76. The number of anilines is 1. The van der Waals surface area contributed by atoms with Crippen LogP contribution in [0.5, 0.6) is 0 Å². The summed E-state index contributed by atoms with van der Waals surface area (Å²) in [4.78, 5) is 23.7. The molecule has 114 valence electrons. The number of benzene rings is 2. The van der Waals surface area contributed by atoms with Crippen LogP contribution in [0, 0.1) is 13.8 Å². The Morgan fingerprint density at radius 2 is 1.77 bits per heavy atom. The molecule has 1 amide bonds. The molecule has 2 aromatic rings. The average Bonchev–Trinajstić information content (AvgIpc) is 2.51. The molecule has 0 saturated carbocycles. The lowest BCUT2D eigenvalue weighted by molar-refractivity contribution is -0.119. The molecular weight excluding hydrogens is 346 g/mol. The van der Waals surface area contributed by atoms with E-state index in [1.54, 1.807) is 24.3 Å². The van der Waals surface area contributed by atoms with Gasteiger partial charge in [0, 0.05) is 10.2 Å². The van der Waals surface area contributed by atoms with E-state index in [4.69, 9.17) is 4.74 Å². The van der Waals surface area contributed by atoms with Gasteiger partial charge in [0.05, 0.1) is 5.56 Å². The molecule has 0 radical (unpaired) electrons. The van der Waals surface area contributed by atoms with E-state index in [0.29, 0.717) is 11.3 Å². The second-order valence-electron chi connectivity index (χ2n) is 4.91. The monoisotopic (exact) mass is 361 g/mol. The molecule has 0 atom stereocenters. The summed E-state index contributed by atoms with van der Waals surface area (Å²) in [5.41, 5.74) is 3.08. The zero-order valence-corrected chi connectivity index (χ0v) is 13.9. The van der Waals surface area contributed by atoms with Crippen LogP contribution in [-0.2, 0) is 9.53 Å². The van der Waals surface area contributed by atoms with Crippen molar-refractivity contribution >= 4 is 33.5 Å². The number of halogens is 1. The number of nitrogens with one attached hydrogen (secondary N) is 1. The number of hydrogen-bond donors (Lipinski definition) is 1. The van der Waals surface area contributed by atoms with Crippen molar-refractivity contribution in [3.05, 3.63) is 63.6 Å². The minimum atomic E-state index is -0.514. The van der Waals surface area contributed by atoms with Crippen molar-refractivity contribution in [2.24, 2.45) is 0 Å². The van der Waals surface area contributed by atoms with Gasteiger partial charge in [0.15, 0.2) is 6.61 Å². The molecule has 5 heteroatoms. The van der Waals surface area contributed by atoms with Crippen LogP contribution in [0.25, 0.3) is 0 Å². The van der Waals surface area contributed by atoms with Crippen LogP contribution >= 0.6 is 15.9 Å². The highest BCUT2D eigenvalue weighted by atomic mass is 79.9. The fraction of sp³-hybridized carbons (Fsp3) is 0.176. The second kappa shape index (κ2) is 7.22. The van der Waals surface area contributed by atoms with E-state index >= 15 is 0 Å². The van der Waals surface area contributed by atoms with Gasteiger partial charge in [-0.15, -0.1) is 0 Å². The van der Waals surface area contributed by atoms with Gasteiger partial charge in [-0.1, -0.05) is 34.1 Å². The molecule has 0 unspecified atom stereocenters. The van der Waals surface area contributed by atoms with Crippen molar-refractivity contribution < 1.29 is 14.3 Å². The van der Waals surface area contributed by atoms with Crippen LogP contribution in [0.3, 0.4) is 0 Å². The first-order valence-electron chi connectivity index (χ1n) is 6.76. The van der Waals surface area contributed by atoms with E-state index in [-0.39, 0.29) is 12.5 Å². The number of esters is 1. The highest BCUT2D eigenvalue weighted by Gasteiger charge is 2.11. The van der Waals surface area contributed by atoms with Gasteiger partial charge >= 0.3 is 5.97 Å². The normalized spacial score (nSPS) is 10.1. The van der Waals surface area contributed by atoms with Crippen molar-refractivity contribution in [3.63, 3.8) is 0 Å². The summed E-state index contributed by atoms with van der Waals surface area (Å²) in [7, 11) is 0. The topological polar surface area (TPSA) is 55.4 Å². The predicted molar refractivity (Wildman–Crippen MR) is 89.0 cm³/mol. The van der Waals surface area contributed by atoms with Crippen LogP contribution in [0.1, 0.15) is 21.5 Å². The van der Waals surface area contributed by atoms with E-state index in [9.17, 15) is 9.59 Å². The molecule has 0 aliphatic heterocycles. The number of aryl methyl sites for hydroxylation is 2. The molecule has 1 N–H and O–H groups in total. The molecule has 0 aliphatic rings. The van der Waals surface area contributed by atoms with Crippen molar-refractivity contribution in [2.45, 2.75) is 13.8 Å². The third-order valence-corrected chi connectivity index (χ3v) is 3.98. The van der Waals surface area contributed by atoms with Crippen LogP contribution in [-0.4, -0.2) is 18.5 Å². The lowest BCUT2D eigenvalue weighted by Gasteiger charge is -2.11. The van der Waals surface area contributed by atoms with Crippen molar-refractivity contribution in [1.82, 2.24) is 0 Å². The van der Waals surface area contributed by atoms with Gasteiger partial charge in [-0.2, -0.15) is 0 Å². The summed E-state index contributed by atoms with van der Waals surface area (Å²) < 4.78 is 5.98. The molecule has 0 aromatic heterocycles. The Bertz CT molecular complexity index is 699. The molecule has 4 nitrogen and oxygen atoms in total. The highest BCUT2D eigenvalue weighted by molar-refractivity contribution is 9.10. The molecule has 0 saturated heterocycles. The summed E-state index contributed by atoms with van der Waals surface area (Å²) >= 11 is 3.44. The number of rotatable bonds is 4. The predicted octanol–water partition coefficient (Wildman–Crippen LogP) is 3.86. The third kappa shape index (κ3) is 4.18. The van der Waals surface area contributed by atoms with Gasteiger partial charge in [-0.05, 0) is 49.2 Å². The maximum atomic E-state index is 11.9. The van der Waals surface area contributed by atoms with Gasteiger partial charge in [-0.25, -0.2) is 4.79 Å². The van der Waals surface area contributed by atoms with E-state index in [1.807, 2.05) is 32.0 Å². The van der Waals surface area contributed by atoms with Crippen molar-refractivity contribution in [3.8, 4) is 0 Å². The van der Waals surface area contributed by atoms with Gasteiger partial charge in [0.25, 0.3) is 5.91 Å². The third-order valence-electron chi connectivity index (χ3n) is 3.12. The van der Waals surface area contributed by atoms with E-state index in [1.165, 1.54) is 0 Å². The smallest absolute Gasteiger partial charge is 0.338 e. The Labute approximate surface area is 137 Å². The molecule has 2 rings (SSSR count). The zero-order chi connectivity index (χ0) is 16.1. The minimum absolute atomic E-state index is 0.317. The Morgan fingerprint density at radius 3 is 2.45 bits per heavy atom. The molecule has 0 spiro atoms. The Hall–Kier alpha value is -2.14. The minimum Gasteiger partial charge on any atom is -0.452 e. The maximum Gasteiger partial charge on any atom is 0.338 e. The summed E-state index contributed by atoms with van der Waals surface area (Å²) in [6, 6.07) is 12.4. The van der Waals surface area contributed by atoms with Gasteiger partial charge in [0.2, 0.25) is 0 Å². The molecule has 0 fully saturated rings. The number of amides is 1. The average molecular weight is 362 g/mol. The fourth-order valence-electron chi connectivity index (χ4n) is 1.89. The lowest BCUT2D eigenvalue weighted by Crippen LogP contribution is -2.21. The summed E-state index contributed by atoms with van der Waals surface area (Å²) in [6.45, 7) is 3.52. The van der Waals surface area contributed by atoms with Gasteiger partial charge in [0.1, 0.15) is 0 Å². The van der Waals surface area contributed by atoms with E-state index < -0.39 is 5.97 Å². The SMILES string of the molecule is Cc1cc(NC(=O)COC(=O)c2ccccc2)c(C)cc1Br. The maximum absolute atomic E-state index is 11.9. The van der Waals surface area contributed by atoms with Crippen LogP contribution in [0.2, 0.25) is 0 Å². The molecular formula is C17H16BrNO3. The molecule has 0 heterocycles. The standard InChI is InChI=1S/C17H16BrNO3/c1-11-9-15(12(2)8-14(11)18)19-16(20)10-22-17(21)13-6-4-3-5-7-13/h3-9H,10H2,1-2H3,(H,19,20). The first kappa shape index (κ1) is 16.2. The van der Waals surface area contributed by atoms with Crippen LogP contribution in [0.15, 0.2) is 46.9 Å². The van der Waals surface area contributed by atoms with E-state index in [0.717, 1.165) is 15.6 Å².